The highest BCUT2D eigenvalue weighted by Gasteiger charge is 2.18. The van der Waals surface area contributed by atoms with Gasteiger partial charge in [-0.1, -0.05) is 6.92 Å². The van der Waals surface area contributed by atoms with Gasteiger partial charge in [0.05, 0.1) is 5.69 Å². The predicted octanol–water partition coefficient (Wildman–Crippen LogP) is 4.50. The van der Waals surface area contributed by atoms with Crippen LogP contribution in [0.1, 0.15) is 27.7 Å². The molecule has 2 rings (SSSR count). The quantitative estimate of drug-likeness (QED) is 0.659. The Balaban J connectivity index is 2.22. The van der Waals surface area contributed by atoms with Crippen LogP contribution in [0.25, 0.3) is 0 Å². The molecule has 8 heteroatoms. The maximum atomic E-state index is 12.0. The summed E-state index contributed by atoms with van der Waals surface area (Å²) in [5.41, 5.74) is 12.0. The summed E-state index contributed by atoms with van der Waals surface area (Å²) in [4.78, 5) is 16.8. The van der Waals surface area contributed by atoms with Crippen LogP contribution < -0.4 is 21.5 Å². The maximum absolute atomic E-state index is 12.0. The van der Waals surface area contributed by atoms with Crippen molar-refractivity contribution >= 4 is 35.0 Å². The van der Waals surface area contributed by atoms with Crippen LogP contribution >= 0.6 is 11.8 Å². The van der Waals surface area contributed by atoms with E-state index in [-0.39, 0.29) is 11.5 Å². The van der Waals surface area contributed by atoms with Crippen molar-refractivity contribution in [1.82, 2.24) is 4.98 Å². The highest BCUT2D eigenvalue weighted by Crippen LogP contribution is 2.35. The Labute approximate surface area is 157 Å². The number of hydrogen-bond acceptors (Lipinski definition) is 7. The van der Waals surface area contributed by atoms with Crippen LogP contribution in [0.4, 0.5) is 22.0 Å². The number of ether oxygens (including phenoxy) is 2. The molecule has 7 nitrogen and oxygen atoms in total. The van der Waals surface area contributed by atoms with E-state index in [0.717, 1.165) is 10.6 Å². The van der Waals surface area contributed by atoms with Crippen molar-refractivity contribution in [3.8, 4) is 11.5 Å². The van der Waals surface area contributed by atoms with Gasteiger partial charge < -0.3 is 20.9 Å². The lowest BCUT2D eigenvalue weighted by Gasteiger charge is -2.20. The molecular weight excluding hydrogens is 352 g/mol. The summed E-state index contributed by atoms with van der Waals surface area (Å²) in [7, 11) is 0. The van der Waals surface area contributed by atoms with Crippen LogP contribution in [0.2, 0.25) is 0 Å². The Bertz CT molecular complexity index is 790. The summed E-state index contributed by atoms with van der Waals surface area (Å²) in [5, 5.41) is 2.77. The fourth-order valence-electron chi connectivity index (χ4n) is 2.04. The fourth-order valence-corrected chi connectivity index (χ4v) is 2.83. The monoisotopic (exact) mass is 376 g/mol. The fraction of sp³-hybridized carbons (Fsp3) is 0.333. The van der Waals surface area contributed by atoms with Crippen molar-refractivity contribution in [3.05, 3.63) is 30.5 Å². The minimum atomic E-state index is -0.565. The Morgan fingerprint density at radius 1 is 1.27 bits per heavy atom. The Kier molecular flexibility index (Phi) is 6.20. The number of nitrogens with one attached hydrogen (secondary N) is 1. The highest BCUT2D eigenvalue weighted by atomic mass is 32.2. The Morgan fingerprint density at radius 2 is 2.00 bits per heavy atom. The van der Waals surface area contributed by atoms with E-state index in [1.807, 2.05) is 33.8 Å². The van der Waals surface area contributed by atoms with Crippen LogP contribution in [-0.2, 0) is 4.74 Å². The molecule has 1 amide bonds. The van der Waals surface area contributed by atoms with Crippen molar-refractivity contribution in [2.45, 2.75) is 38.2 Å². The zero-order chi connectivity index (χ0) is 19.3. The average molecular weight is 376 g/mol. The van der Waals surface area contributed by atoms with Gasteiger partial charge in [-0.05, 0) is 44.7 Å². The molecule has 1 aromatic carbocycles. The highest BCUT2D eigenvalue weighted by molar-refractivity contribution is 7.99. The third kappa shape index (κ3) is 5.45. The lowest BCUT2D eigenvalue weighted by atomic mass is 10.2. The number of rotatable bonds is 5. The number of thioether (sulfide) groups is 1. The molecule has 0 aliphatic carbocycles. The predicted molar refractivity (Wildman–Crippen MR) is 106 cm³/mol. The number of hydrogen-bond donors (Lipinski definition) is 3. The van der Waals surface area contributed by atoms with Crippen LogP contribution in [0.5, 0.6) is 11.5 Å². The Hall–Kier alpha value is -2.61. The van der Waals surface area contributed by atoms with Gasteiger partial charge in [0.15, 0.2) is 5.75 Å². The van der Waals surface area contributed by atoms with Gasteiger partial charge in [0.2, 0.25) is 0 Å². The second-order valence-corrected chi connectivity index (χ2v) is 7.73. The van der Waals surface area contributed by atoms with Gasteiger partial charge in [0.25, 0.3) is 0 Å². The minimum Gasteiger partial charge on any atom is -0.455 e. The van der Waals surface area contributed by atoms with Gasteiger partial charge in [-0.25, -0.2) is 9.78 Å². The lowest BCUT2D eigenvalue weighted by molar-refractivity contribution is 0.0635. The number of benzene rings is 1. The number of carbonyl (C=O) groups excluding carboxylic acids is 1. The molecule has 140 valence electrons. The molecule has 0 saturated carbocycles. The number of carbonyl (C=O) groups is 1. The summed E-state index contributed by atoms with van der Waals surface area (Å²) < 4.78 is 11.1. The topological polar surface area (TPSA) is 112 Å². The first-order valence-electron chi connectivity index (χ1n) is 8.14. The van der Waals surface area contributed by atoms with Crippen LogP contribution in [0.3, 0.4) is 0 Å². The minimum absolute atomic E-state index is 0.217. The molecular formula is C18H24N4O3S. The average Bonchev–Trinajstić information content (AvgIpc) is 2.53. The molecule has 0 unspecified atom stereocenters. The van der Waals surface area contributed by atoms with Gasteiger partial charge in [-0.15, -0.1) is 11.8 Å². The van der Waals surface area contributed by atoms with Crippen molar-refractivity contribution < 1.29 is 14.3 Å². The molecule has 5 N–H and O–H groups in total. The van der Waals surface area contributed by atoms with Crippen molar-refractivity contribution in [2.24, 2.45) is 0 Å². The first-order valence-corrected chi connectivity index (χ1v) is 9.13. The number of amides is 1. The molecule has 0 radical (unpaired) electrons. The SMILES string of the molecule is CCSc1cc(Oc2ccnc(N)c2N)ccc1NC(=O)OC(C)(C)C. The second kappa shape index (κ2) is 8.18. The number of nitrogen functional groups attached to an aromatic ring is 2. The van der Waals surface area contributed by atoms with Crippen LogP contribution in [-0.4, -0.2) is 22.4 Å². The summed E-state index contributed by atoms with van der Waals surface area (Å²) in [5.74, 6) is 2.05. The van der Waals surface area contributed by atoms with E-state index in [4.69, 9.17) is 20.9 Å². The van der Waals surface area contributed by atoms with Gasteiger partial charge >= 0.3 is 6.09 Å². The molecule has 26 heavy (non-hydrogen) atoms. The summed E-state index contributed by atoms with van der Waals surface area (Å²) in [6.07, 6.45) is 1.02. The smallest absolute Gasteiger partial charge is 0.412 e. The summed E-state index contributed by atoms with van der Waals surface area (Å²) in [6.45, 7) is 7.47. The Morgan fingerprint density at radius 3 is 2.65 bits per heavy atom. The number of anilines is 3. The van der Waals surface area contributed by atoms with Crippen molar-refractivity contribution in [2.75, 3.05) is 22.5 Å². The van der Waals surface area contributed by atoms with Crippen molar-refractivity contribution in [3.63, 3.8) is 0 Å². The van der Waals surface area contributed by atoms with Gasteiger partial charge in [-0.2, -0.15) is 0 Å². The van der Waals surface area contributed by atoms with Crippen LogP contribution in [0.15, 0.2) is 35.4 Å². The largest absolute Gasteiger partial charge is 0.455 e. The second-order valence-electron chi connectivity index (χ2n) is 6.43. The first-order chi connectivity index (χ1) is 12.2. The molecule has 1 heterocycles. The number of aromatic nitrogens is 1. The van der Waals surface area contributed by atoms with E-state index in [1.54, 1.807) is 30.0 Å². The van der Waals surface area contributed by atoms with E-state index in [2.05, 4.69) is 10.3 Å². The van der Waals surface area contributed by atoms with Crippen molar-refractivity contribution in [1.29, 1.82) is 0 Å². The van der Waals surface area contributed by atoms with E-state index in [9.17, 15) is 4.79 Å². The van der Waals surface area contributed by atoms with E-state index >= 15 is 0 Å². The third-order valence-corrected chi connectivity index (χ3v) is 4.03. The van der Waals surface area contributed by atoms with E-state index < -0.39 is 11.7 Å². The van der Waals surface area contributed by atoms with Gasteiger partial charge in [0, 0.05) is 17.2 Å². The lowest BCUT2D eigenvalue weighted by Crippen LogP contribution is -2.27. The van der Waals surface area contributed by atoms with Gasteiger partial charge in [-0.3, -0.25) is 5.32 Å². The van der Waals surface area contributed by atoms with Gasteiger partial charge in [0.1, 0.15) is 22.9 Å². The molecule has 0 atom stereocenters. The molecule has 0 spiro atoms. The summed E-state index contributed by atoms with van der Waals surface area (Å²) >= 11 is 1.58. The first kappa shape index (κ1) is 19.7. The molecule has 1 aromatic heterocycles. The maximum Gasteiger partial charge on any atom is 0.412 e. The standard InChI is InChI=1S/C18H24N4O3S/c1-5-26-14-10-11(24-13-8-9-21-16(20)15(13)19)6-7-12(14)22-17(23)25-18(2,3)4/h6-10H,5,19H2,1-4H3,(H2,20,21)(H,22,23). The molecule has 2 aromatic rings. The summed E-state index contributed by atoms with van der Waals surface area (Å²) in [6, 6.07) is 6.97. The number of nitrogens with two attached hydrogens (primary N) is 2. The molecule has 0 saturated heterocycles. The number of nitrogens with zero attached hydrogens (tertiary/aromatic N) is 1. The van der Waals surface area contributed by atoms with E-state index in [1.165, 1.54) is 6.20 Å². The van der Waals surface area contributed by atoms with E-state index in [0.29, 0.717) is 17.2 Å². The number of pyridine rings is 1. The molecule has 0 aliphatic rings. The molecule has 0 aliphatic heterocycles. The zero-order valence-corrected chi connectivity index (χ0v) is 16.1. The molecule has 0 fully saturated rings. The molecule has 0 bridgehead atoms. The zero-order valence-electron chi connectivity index (χ0n) is 15.3. The normalized spacial score (nSPS) is 11.1. The van der Waals surface area contributed by atoms with Crippen LogP contribution in [0, 0.1) is 0 Å². The third-order valence-electron chi connectivity index (χ3n) is 3.10.